The summed E-state index contributed by atoms with van der Waals surface area (Å²) in [6.45, 7) is 13.7. The molecule has 94 valence electrons. The number of allylic oxidation sites excluding steroid dienone is 4. The van der Waals surface area contributed by atoms with Crippen LogP contribution in [0.1, 0.15) is 20.3 Å². The predicted octanol–water partition coefficient (Wildman–Crippen LogP) is 3.30. The minimum absolute atomic E-state index is 0.223. The lowest BCUT2D eigenvalue weighted by Crippen LogP contribution is -2.36. The molecule has 0 saturated carbocycles. The van der Waals surface area contributed by atoms with Crippen molar-refractivity contribution in [2.75, 3.05) is 20.2 Å². The molecular weight excluding hydrogens is 210 g/mol. The molecule has 1 unspecified atom stereocenters. The molecule has 0 aliphatic carbocycles. The second-order valence-electron chi connectivity index (χ2n) is 4.46. The molecule has 0 aromatic carbocycles. The van der Waals surface area contributed by atoms with Crippen LogP contribution in [0.5, 0.6) is 0 Å². The van der Waals surface area contributed by atoms with Crippen molar-refractivity contribution in [1.82, 2.24) is 4.90 Å². The Morgan fingerprint density at radius 2 is 2.18 bits per heavy atom. The van der Waals surface area contributed by atoms with Crippen LogP contribution in [0.4, 0.5) is 0 Å². The molecule has 1 atom stereocenters. The van der Waals surface area contributed by atoms with Gasteiger partial charge in [0.1, 0.15) is 5.60 Å². The minimum Gasteiger partial charge on any atom is -0.372 e. The van der Waals surface area contributed by atoms with E-state index in [-0.39, 0.29) is 5.60 Å². The van der Waals surface area contributed by atoms with E-state index in [2.05, 4.69) is 24.1 Å². The van der Waals surface area contributed by atoms with Crippen LogP contribution in [0.2, 0.25) is 0 Å². The van der Waals surface area contributed by atoms with E-state index in [0.29, 0.717) is 0 Å². The molecular formula is C15H23NO. The Morgan fingerprint density at radius 3 is 2.59 bits per heavy atom. The van der Waals surface area contributed by atoms with Crippen LogP contribution in [-0.2, 0) is 4.74 Å². The Hall–Kier alpha value is -1.28. The Bertz CT molecular complexity index is 354. The summed E-state index contributed by atoms with van der Waals surface area (Å²) in [7, 11) is 1.78. The van der Waals surface area contributed by atoms with Gasteiger partial charge in [-0.25, -0.2) is 0 Å². The van der Waals surface area contributed by atoms with E-state index in [1.165, 1.54) is 5.57 Å². The van der Waals surface area contributed by atoms with Gasteiger partial charge in [-0.2, -0.15) is 0 Å². The van der Waals surface area contributed by atoms with Crippen molar-refractivity contribution < 1.29 is 4.74 Å². The van der Waals surface area contributed by atoms with Gasteiger partial charge in [-0.1, -0.05) is 37.5 Å². The van der Waals surface area contributed by atoms with E-state index in [9.17, 15) is 0 Å². The number of hydrogen-bond acceptors (Lipinski definition) is 2. The topological polar surface area (TPSA) is 12.5 Å². The smallest absolute Gasteiger partial charge is 0.112 e. The normalized spacial score (nSPS) is 25.6. The lowest BCUT2D eigenvalue weighted by atomic mass is 9.91. The Morgan fingerprint density at radius 1 is 1.47 bits per heavy atom. The molecule has 0 aromatic heterocycles. The van der Waals surface area contributed by atoms with Gasteiger partial charge in [-0.15, -0.1) is 0 Å². The molecule has 1 rings (SSSR count). The minimum atomic E-state index is -0.223. The summed E-state index contributed by atoms with van der Waals surface area (Å²) < 4.78 is 5.80. The Kier molecular flexibility index (Phi) is 4.76. The molecule has 2 heteroatoms. The fraction of sp³-hybridized carbons (Fsp3) is 0.467. The van der Waals surface area contributed by atoms with Crippen molar-refractivity contribution in [2.24, 2.45) is 0 Å². The quantitative estimate of drug-likeness (QED) is 0.676. The fourth-order valence-corrected chi connectivity index (χ4v) is 2.29. The maximum absolute atomic E-state index is 5.80. The van der Waals surface area contributed by atoms with Crippen LogP contribution < -0.4 is 0 Å². The van der Waals surface area contributed by atoms with Crippen molar-refractivity contribution in [3.63, 3.8) is 0 Å². The molecule has 0 spiro atoms. The lowest BCUT2D eigenvalue weighted by Gasteiger charge is -2.30. The van der Waals surface area contributed by atoms with Crippen LogP contribution in [0, 0.1) is 0 Å². The van der Waals surface area contributed by atoms with Gasteiger partial charge in [-0.05, 0) is 25.8 Å². The molecule has 0 radical (unpaired) electrons. The molecule has 0 N–H and O–H groups in total. The highest BCUT2D eigenvalue weighted by molar-refractivity contribution is 5.34. The highest BCUT2D eigenvalue weighted by atomic mass is 16.5. The van der Waals surface area contributed by atoms with Crippen molar-refractivity contribution in [3.05, 3.63) is 48.7 Å². The summed E-state index contributed by atoms with van der Waals surface area (Å²) in [6, 6.07) is 0. The fourth-order valence-electron chi connectivity index (χ4n) is 2.29. The van der Waals surface area contributed by atoms with E-state index < -0.39 is 0 Å². The largest absolute Gasteiger partial charge is 0.372 e. The first-order valence-electron chi connectivity index (χ1n) is 6.01. The number of ether oxygens (including phenoxy) is 1. The van der Waals surface area contributed by atoms with Crippen LogP contribution >= 0.6 is 0 Å². The van der Waals surface area contributed by atoms with E-state index in [4.69, 9.17) is 4.74 Å². The van der Waals surface area contributed by atoms with Crippen LogP contribution in [0.15, 0.2) is 48.7 Å². The summed E-state index contributed by atoms with van der Waals surface area (Å²) in [4.78, 5) is 2.27. The lowest BCUT2D eigenvalue weighted by molar-refractivity contribution is 0.0356. The zero-order chi connectivity index (χ0) is 12.9. The third-order valence-corrected chi connectivity index (χ3v) is 3.33. The molecule has 1 heterocycles. The van der Waals surface area contributed by atoms with Gasteiger partial charge in [0.25, 0.3) is 0 Å². The van der Waals surface area contributed by atoms with Crippen molar-refractivity contribution >= 4 is 0 Å². The van der Waals surface area contributed by atoms with E-state index >= 15 is 0 Å². The molecule has 17 heavy (non-hydrogen) atoms. The van der Waals surface area contributed by atoms with Crippen LogP contribution in [0.25, 0.3) is 0 Å². The second kappa shape index (κ2) is 5.87. The molecule has 0 aromatic rings. The molecule has 1 fully saturated rings. The number of rotatable bonds is 5. The zero-order valence-electron chi connectivity index (χ0n) is 11.2. The summed E-state index contributed by atoms with van der Waals surface area (Å²) in [5.41, 5.74) is 2.06. The number of hydrogen-bond donors (Lipinski definition) is 0. The van der Waals surface area contributed by atoms with Crippen molar-refractivity contribution in [1.29, 1.82) is 0 Å². The monoisotopic (exact) mass is 233 g/mol. The highest BCUT2D eigenvalue weighted by Gasteiger charge is 2.40. The van der Waals surface area contributed by atoms with Crippen LogP contribution in [-0.4, -0.2) is 30.7 Å². The molecule has 0 bridgehead atoms. The van der Waals surface area contributed by atoms with Crippen LogP contribution in [0.3, 0.4) is 0 Å². The predicted molar refractivity (Wildman–Crippen MR) is 73.8 cm³/mol. The van der Waals surface area contributed by atoms with E-state index in [0.717, 1.165) is 25.2 Å². The van der Waals surface area contributed by atoms with Crippen molar-refractivity contribution in [2.45, 2.75) is 25.9 Å². The van der Waals surface area contributed by atoms with Gasteiger partial charge in [0, 0.05) is 19.4 Å². The average molecular weight is 233 g/mol. The third-order valence-electron chi connectivity index (χ3n) is 3.33. The van der Waals surface area contributed by atoms with Gasteiger partial charge in [0.2, 0.25) is 0 Å². The van der Waals surface area contributed by atoms with Crippen molar-refractivity contribution in [3.8, 4) is 0 Å². The van der Waals surface area contributed by atoms with Gasteiger partial charge < -0.3 is 9.64 Å². The Balaban J connectivity index is 3.00. The maximum Gasteiger partial charge on any atom is 0.112 e. The van der Waals surface area contributed by atoms with Gasteiger partial charge in [0.15, 0.2) is 0 Å². The summed E-state index contributed by atoms with van der Waals surface area (Å²) in [5, 5.41) is 0. The Labute approximate surface area is 105 Å². The van der Waals surface area contributed by atoms with Gasteiger partial charge in [0.05, 0.1) is 6.54 Å². The maximum atomic E-state index is 5.80. The van der Waals surface area contributed by atoms with E-state index in [1.807, 2.05) is 32.1 Å². The summed E-state index contributed by atoms with van der Waals surface area (Å²) in [5.74, 6) is 0. The number of likely N-dealkylation sites (tertiary alicyclic amines) is 1. The summed E-state index contributed by atoms with van der Waals surface area (Å²) in [6.07, 6.45) is 8.98. The first-order chi connectivity index (χ1) is 8.09. The SMILES string of the molecule is C=C/C=C(\C=C/C)C1(OC)CCN(C(=C)C)C1. The summed E-state index contributed by atoms with van der Waals surface area (Å²) >= 11 is 0. The first-order valence-corrected chi connectivity index (χ1v) is 6.01. The molecule has 1 aliphatic heterocycles. The standard InChI is InChI=1S/C15H23NO/c1-6-8-14(9-7-2)15(17-5)10-11-16(12-15)13(3)4/h6-9H,1,3,10-12H2,2,4-5H3/b9-7-,14-8+. The molecule has 1 saturated heterocycles. The first kappa shape index (κ1) is 13.8. The second-order valence-corrected chi connectivity index (χ2v) is 4.46. The highest BCUT2D eigenvalue weighted by Crippen LogP contribution is 2.34. The van der Waals surface area contributed by atoms with Gasteiger partial charge >= 0.3 is 0 Å². The number of nitrogens with zero attached hydrogens (tertiary/aromatic N) is 1. The third kappa shape index (κ3) is 2.89. The molecule has 1 aliphatic rings. The van der Waals surface area contributed by atoms with E-state index in [1.54, 1.807) is 7.11 Å². The molecule has 2 nitrogen and oxygen atoms in total. The molecule has 0 amide bonds. The zero-order valence-corrected chi connectivity index (χ0v) is 11.2. The number of methoxy groups -OCH3 is 1. The average Bonchev–Trinajstić information content (AvgIpc) is 2.74. The van der Waals surface area contributed by atoms with Gasteiger partial charge in [-0.3, -0.25) is 0 Å².